The Balaban J connectivity index is 1.82. The quantitative estimate of drug-likeness (QED) is 0.211. The fourth-order valence-electron chi connectivity index (χ4n) is 3.12. The molecule has 182 valence electrons. The van der Waals surface area contributed by atoms with Crippen LogP contribution in [0, 0.1) is 0 Å². The molecule has 6 heteroatoms. The highest BCUT2D eigenvalue weighted by Crippen LogP contribution is 2.33. The van der Waals surface area contributed by atoms with E-state index in [0.717, 1.165) is 28.7 Å². The molecule has 0 heterocycles. The standard InChI is InChI=1S/C28H34O6/c1-6-26(29)33-19-7-17-31-24-13-9-22(10-14-24)28(4,5)23-11-15-25(16-12-23)32-18-8-20-34-27(30)21(2)3/h6,9-16H,1-2,7-8,17-20H2,3-5H3. The third kappa shape index (κ3) is 8.43. The van der Waals surface area contributed by atoms with Crippen LogP contribution in [-0.4, -0.2) is 38.4 Å². The zero-order valence-corrected chi connectivity index (χ0v) is 20.3. The summed E-state index contributed by atoms with van der Waals surface area (Å²) in [4.78, 5) is 22.4. The van der Waals surface area contributed by atoms with Crippen molar-refractivity contribution in [1.82, 2.24) is 0 Å². The molecule has 0 atom stereocenters. The number of carbonyl (C=O) groups excluding carboxylic acids is 2. The van der Waals surface area contributed by atoms with Gasteiger partial charge >= 0.3 is 11.9 Å². The van der Waals surface area contributed by atoms with Gasteiger partial charge in [0.1, 0.15) is 11.5 Å². The van der Waals surface area contributed by atoms with Gasteiger partial charge < -0.3 is 18.9 Å². The van der Waals surface area contributed by atoms with Gasteiger partial charge in [-0.25, -0.2) is 9.59 Å². The van der Waals surface area contributed by atoms with Gasteiger partial charge in [-0.15, -0.1) is 0 Å². The van der Waals surface area contributed by atoms with E-state index in [-0.39, 0.29) is 11.4 Å². The summed E-state index contributed by atoms with van der Waals surface area (Å²) in [5.41, 5.74) is 2.51. The third-order valence-electron chi connectivity index (χ3n) is 5.26. The summed E-state index contributed by atoms with van der Waals surface area (Å²) in [5, 5.41) is 0. The maximum Gasteiger partial charge on any atom is 0.333 e. The Morgan fingerprint density at radius 1 is 0.794 bits per heavy atom. The predicted octanol–water partition coefficient (Wildman–Crippen LogP) is 5.40. The van der Waals surface area contributed by atoms with Crippen molar-refractivity contribution in [2.45, 2.75) is 39.0 Å². The maximum absolute atomic E-state index is 11.4. The SMILES string of the molecule is C=CC(=O)OCCCOc1ccc(C(C)(C)c2ccc(OCCCOC(=O)C(=C)C)cc2)cc1. The van der Waals surface area contributed by atoms with Crippen LogP contribution in [0.3, 0.4) is 0 Å². The first-order valence-electron chi connectivity index (χ1n) is 11.3. The molecule has 0 saturated heterocycles. The van der Waals surface area contributed by atoms with Crippen molar-refractivity contribution in [1.29, 1.82) is 0 Å². The fraction of sp³-hybridized carbons (Fsp3) is 0.357. The van der Waals surface area contributed by atoms with Gasteiger partial charge in [0.05, 0.1) is 26.4 Å². The van der Waals surface area contributed by atoms with Crippen LogP contribution in [0.25, 0.3) is 0 Å². The minimum absolute atomic E-state index is 0.202. The molecule has 0 aromatic heterocycles. The molecule has 0 aliphatic carbocycles. The van der Waals surface area contributed by atoms with Gasteiger partial charge in [0, 0.05) is 29.9 Å². The fourth-order valence-corrected chi connectivity index (χ4v) is 3.12. The van der Waals surface area contributed by atoms with Gasteiger partial charge in [-0.05, 0) is 42.3 Å². The van der Waals surface area contributed by atoms with Gasteiger partial charge in [-0.2, -0.15) is 0 Å². The number of hydrogen-bond donors (Lipinski definition) is 0. The minimum atomic E-state index is -0.423. The molecule has 0 fully saturated rings. The summed E-state index contributed by atoms with van der Waals surface area (Å²) in [6.07, 6.45) is 2.37. The molecule has 0 unspecified atom stereocenters. The molecule has 0 bridgehead atoms. The van der Waals surface area contributed by atoms with Crippen LogP contribution in [0.15, 0.2) is 73.3 Å². The van der Waals surface area contributed by atoms with E-state index in [4.69, 9.17) is 18.9 Å². The largest absolute Gasteiger partial charge is 0.493 e. The molecular weight excluding hydrogens is 432 g/mol. The number of hydrogen-bond acceptors (Lipinski definition) is 6. The first-order valence-corrected chi connectivity index (χ1v) is 11.3. The molecule has 0 saturated carbocycles. The van der Waals surface area contributed by atoms with Crippen LogP contribution in [0.2, 0.25) is 0 Å². The van der Waals surface area contributed by atoms with Gasteiger partial charge in [0.15, 0.2) is 0 Å². The Labute approximate surface area is 202 Å². The molecular formula is C28H34O6. The Bertz CT molecular complexity index is 957. The molecule has 2 aromatic carbocycles. The second-order valence-electron chi connectivity index (χ2n) is 8.37. The topological polar surface area (TPSA) is 71.1 Å². The molecule has 0 aliphatic rings. The second kappa shape index (κ2) is 13.2. The van der Waals surface area contributed by atoms with Crippen LogP contribution in [-0.2, 0) is 24.5 Å². The van der Waals surface area contributed by atoms with Crippen LogP contribution >= 0.6 is 0 Å². The summed E-state index contributed by atoms with van der Waals surface area (Å²) in [6.45, 7) is 14.4. The van der Waals surface area contributed by atoms with E-state index in [9.17, 15) is 9.59 Å². The van der Waals surface area contributed by atoms with Crippen molar-refractivity contribution in [2.75, 3.05) is 26.4 Å². The summed E-state index contributed by atoms with van der Waals surface area (Å²) in [6, 6.07) is 16.0. The van der Waals surface area contributed by atoms with Gasteiger partial charge in [-0.3, -0.25) is 0 Å². The van der Waals surface area contributed by atoms with Crippen molar-refractivity contribution in [3.63, 3.8) is 0 Å². The summed E-state index contributed by atoms with van der Waals surface area (Å²) in [5.74, 6) is 0.742. The lowest BCUT2D eigenvalue weighted by molar-refractivity contribution is -0.139. The summed E-state index contributed by atoms with van der Waals surface area (Å²) in [7, 11) is 0. The van der Waals surface area contributed by atoms with E-state index in [2.05, 4.69) is 51.3 Å². The Hall–Kier alpha value is -3.54. The van der Waals surface area contributed by atoms with Gasteiger partial charge in [0.25, 0.3) is 0 Å². The molecule has 34 heavy (non-hydrogen) atoms. The first kappa shape index (κ1) is 26.7. The third-order valence-corrected chi connectivity index (χ3v) is 5.26. The average Bonchev–Trinajstić information content (AvgIpc) is 2.83. The van der Waals surface area contributed by atoms with E-state index < -0.39 is 5.97 Å². The van der Waals surface area contributed by atoms with Crippen molar-refractivity contribution < 1.29 is 28.5 Å². The smallest absolute Gasteiger partial charge is 0.333 e. The summed E-state index contributed by atoms with van der Waals surface area (Å²) < 4.78 is 21.5. The Morgan fingerprint density at radius 2 is 1.24 bits per heavy atom. The average molecular weight is 467 g/mol. The normalized spacial score (nSPS) is 10.8. The first-order chi connectivity index (χ1) is 16.2. The van der Waals surface area contributed by atoms with Gasteiger partial charge in [0.2, 0.25) is 0 Å². The van der Waals surface area contributed by atoms with Crippen LogP contribution in [0.4, 0.5) is 0 Å². The molecule has 6 nitrogen and oxygen atoms in total. The maximum atomic E-state index is 11.4. The van der Waals surface area contributed by atoms with E-state index >= 15 is 0 Å². The van der Waals surface area contributed by atoms with Crippen molar-refractivity contribution in [3.05, 3.63) is 84.5 Å². The molecule has 0 spiro atoms. The van der Waals surface area contributed by atoms with Crippen molar-refractivity contribution in [2.24, 2.45) is 0 Å². The second-order valence-corrected chi connectivity index (χ2v) is 8.37. The number of benzene rings is 2. The number of ether oxygens (including phenoxy) is 4. The lowest BCUT2D eigenvalue weighted by Gasteiger charge is -2.26. The molecule has 2 rings (SSSR count). The number of esters is 2. The highest BCUT2D eigenvalue weighted by molar-refractivity contribution is 5.86. The van der Waals surface area contributed by atoms with Crippen LogP contribution in [0.1, 0.15) is 44.7 Å². The molecule has 0 amide bonds. The van der Waals surface area contributed by atoms with Crippen LogP contribution in [0.5, 0.6) is 11.5 Å². The zero-order chi connectivity index (χ0) is 25.0. The lowest BCUT2D eigenvalue weighted by Crippen LogP contribution is -2.18. The van der Waals surface area contributed by atoms with Gasteiger partial charge in [-0.1, -0.05) is 51.3 Å². The molecule has 0 aliphatic heterocycles. The molecule has 2 aromatic rings. The Kier molecular flexibility index (Phi) is 10.4. The highest BCUT2D eigenvalue weighted by Gasteiger charge is 2.23. The zero-order valence-electron chi connectivity index (χ0n) is 20.3. The minimum Gasteiger partial charge on any atom is -0.493 e. The van der Waals surface area contributed by atoms with Crippen LogP contribution < -0.4 is 9.47 Å². The Morgan fingerprint density at radius 3 is 1.65 bits per heavy atom. The monoisotopic (exact) mass is 466 g/mol. The number of carbonyl (C=O) groups is 2. The summed E-state index contributed by atoms with van der Waals surface area (Å²) >= 11 is 0. The lowest BCUT2D eigenvalue weighted by atomic mass is 9.78. The number of rotatable bonds is 14. The van der Waals surface area contributed by atoms with E-state index in [1.807, 2.05) is 24.3 Å². The van der Waals surface area contributed by atoms with Crippen molar-refractivity contribution in [3.8, 4) is 11.5 Å². The van der Waals surface area contributed by atoms with Crippen molar-refractivity contribution >= 4 is 11.9 Å². The van der Waals surface area contributed by atoms with E-state index in [1.165, 1.54) is 0 Å². The van der Waals surface area contributed by atoms with E-state index in [0.29, 0.717) is 44.8 Å². The molecule has 0 N–H and O–H groups in total. The predicted molar refractivity (Wildman–Crippen MR) is 132 cm³/mol. The van der Waals surface area contributed by atoms with E-state index in [1.54, 1.807) is 6.92 Å². The molecule has 0 radical (unpaired) electrons. The highest BCUT2D eigenvalue weighted by atomic mass is 16.5.